The third-order valence-corrected chi connectivity index (χ3v) is 8.75. The van der Waals surface area contributed by atoms with E-state index in [9.17, 15) is 15.3 Å². The van der Waals surface area contributed by atoms with Gasteiger partial charge in [-0.25, -0.2) is 9.97 Å². The van der Waals surface area contributed by atoms with E-state index < -0.39 is 0 Å². The molecule has 15 heteroatoms. The van der Waals surface area contributed by atoms with Gasteiger partial charge in [0.25, 0.3) is 0 Å². The van der Waals surface area contributed by atoms with E-state index in [4.69, 9.17) is 11.6 Å². The molecule has 7 rings (SSSR count). The first-order valence-corrected chi connectivity index (χ1v) is 15.0. The molecule has 5 heterocycles. The van der Waals surface area contributed by atoms with E-state index in [2.05, 4.69) is 52.6 Å². The highest BCUT2D eigenvalue weighted by atomic mass is 35.5. The number of halogens is 1. The molecule has 0 atom stereocenters. The van der Waals surface area contributed by atoms with Crippen LogP contribution in [0.25, 0.3) is 5.65 Å². The largest absolute Gasteiger partial charge is 0.368 e. The second-order valence-corrected chi connectivity index (χ2v) is 11.7. The van der Waals surface area contributed by atoms with E-state index >= 15 is 0 Å². The number of rotatable bonds is 9. The summed E-state index contributed by atoms with van der Waals surface area (Å²) in [5, 5.41) is 30.9. The van der Waals surface area contributed by atoms with Gasteiger partial charge in [-0.05, 0) is 25.0 Å². The summed E-state index contributed by atoms with van der Waals surface area (Å²) in [5.74, 6) is 0.936. The third-order valence-electron chi connectivity index (χ3n) is 8.35. The molecule has 3 aromatic heterocycles. The Bertz CT molecular complexity index is 1770. The van der Waals surface area contributed by atoms with Crippen LogP contribution in [0.1, 0.15) is 30.5 Å². The Kier molecular flexibility index (Phi) is 7.37. The zero-order valence-corrected chi connectivity index (χ0v) is 24.7. The van der Waals surface area contributed by atoms with Crippen molar-refractivity contribution in [3.05, 3.63) is 53.3 Å². The highest BCUT2D eigenvalue weighted by molar-refractivity contribution is 6.36. The van der Waals surface area contributed by atoms with Crippen molar-refractivity contribution in [2.24, 2.45) is 0 Å². The average molecular weight is 612 g/mol. The van der Waals surface area contributed by atoms with E-state index in [1.807, 2.05) is 15.7 Å². The summed E-state index contributed by atoms with van der Waals surface area (Å²) in [4.78, 5) is 32.1. The lowest BCUT2D eigenvalue weighted by Gasteiger charge is -2.48. The van der Waals surface area contributed by atoms with E-state index in [1.54, 1.807) is 24.7 Å². The molecule has 4 aromatic rings. The van der Waals surface area contributed by atoms with Crippen LogP contribution in [-0.2, 0) is 11.3 Å². The molecule has 1 amide bonds. The Morgan fingerprint density at radius 3 is 2.64 bits per heavy atom. The van der Waals surface area contributed by atoms with Gasteiger partial charge in [-0.15, -0.1) is 5.10 Å². The molecule has 0 spiro atoms. The number of nitriles is 2. The summed E-state index contributed by atoms with van der Waals surface area (Å²) in [6.07, 6.45) is 9.34. The number of piperazine rings is 1. The number of hydrogen-bond acceptors (Lipinski definition) is 11. The summed E-state index contributed by atoms with van der Waals surface area (Å²) in [6, 6.07) is 8.49. The summed E-state index contributed by atoms with van der Waals surface area (Å²) in [7, 11) is 0. The number of benzene rings is 1. The zero-order chi connectivity index (χ0) is 30.2. The molecule has 2 saturated heterocycles. The van der Waals surface area contributed by atoms with Crippen molar-refractivity contribution < 1.29 is 4.79 Å². The van der Waals surface area contributed by atoms with Crippen molar-refractivity contribution >= 4 is 46.3 Å². The Hall–Kier alpha value is -4.92. The fourth-order valence-corrected chi connectivity index (χ4v) is 5.94. The lowest BCUT2D eigenvalue weighted by Crippen LogP contribution is -2.64. The Balaban J connectivity index is 1.02. The lowest BCUT2D eigenvalue weighted by molar-refractivity contribution is -0.139. The van der Waals surface area contributed by atoms with Crippen molar-refractivity contribution in [1.29, 1.82) is 10.5 Å². The van der Waals surface area contributed by atoms with Crippen molar-refractivity contribution in [2.45, 2.75) is 37.9 Å². The fourth-order valence-electron chi connectivity index (χ4n) is 5.66. The molecule has 224 valence electrons. The summed E-state index contributed by atoms with van der Waals surface area (Å²) in [5.41, 5.74) is 2.48. The van der Waals surface area contributed by atoms with Crippen LogP contribution in [0.2, 0.25) is 5.02 Å². The van der Waals surface area contributed by atoms with Gasteiger partial charge in [0, 0.05) is 76.7 Å². The molecule has 1 aromatic carbocycles. The number of likely N-dealkylation sites (tertiary alicyclic amines) is 1. The normalized spacial score (nSPS) is 17.2. The number of carbonyl (C=O) groups is 1. The number of nitrogens with one attached hydrogen (secondary N) is 2. The lowest BCUT2D eigenvalue weighted by atomic mass is 10.0. The average Bonchev–Trinajstić information content (AvgIpc) is 3.48. The molecule has 3 aliphatic rings. The number of hydrogen-bond donors (Lipinski definition) is 2. The van der Waals surface area contributed by atoms with Crippen molar-refractivity contribution in [2.75, 3.05) is 54.8 Å². The van der Waals surface area contributed by atoms with Crippen LogP contribution >= 0.6 is 11.6 Å². The maximum absolute atomic E-state index is 12.6. The molecule has 3 fully saturated rings. The van der Waals surface area contributed by atoms with E-state index in [1.165, 1.54) is 10.7 Å². The zero-order valence-electron chi connectivity index (χ0n) is 23.9. The van der Waals surface area contributed by atoms with Gasteiger partial charge >= 0.3 is 0 Å². The van der Waals surface area contributed by atoms with Gasteiger partial charge in [-0.1, -0.05) is 11.6 Å². The Labute approximate surface area is 258 Å². The minimum Gasteiger partial charge on any atom is -0.368 e. The number of imidazole rings is 2. The first-order chi connectivity index (χ1) is 21.5. The van der Waals surface area contributed by atoms with E-state index in [0.717, 1.165) is 57.8 Å². The van der Waals surface area contributed by atoms with Gasteiger partial charge in [0.1, 0.15) is 6.07 Å². The monoisotopic (exact) mass is 611 g/mol. The molecule has 0 unspecified atom stereocenters. The standard InChI is InChI=1S/C29H30ClN13O/c30-26-23(36-29-37-27(35-20-1-2-20)28-34-15-21(14-32)43(28)38-29)11-19(13-31)12-24(26)41-9-7-40(8-10-41)22-16-42(17-22)25(44)3-5-39-6-4-33-18-39/h4,6,11-12,15,18,20,22H,1-3,5,7-10,16-17H2,(H2,35,36,37,38). The number of nitrogens with zero attached hydrogens (tertiary/aromatic N) is 11. The van der Waals surface area contributed by atoms with E-state index in [0.29, 0.717) is 52.8 Å². The van der Waals surface area contributed by atoms with Crippen molar-refractivity contribution in [3.8, 4) is 12.1 Å². The van der Waals surface area contributed by atoms with E-state index in [-0.39, 0.29) is 17.5 Å². The van der Waals surface area contributed by atoms with Gasteiger partial charge in [0.15, 0.2) is 17.2 Å². The van der Waals surface area contributed by atoms with Gasteiger partial charge < -0.3 is 25.0 Å². The van der Waals surface area contributed by atoms with Crippen LogP contribution in [0, 0.1) is 22.7 Å². The van der Waals surface area contributed by atoms with Crippen LogP contribution < -0.4 is 15.5 Å². The first-order valence-electron chi connectivity index (χ1n) is 14.6. The van der Waals surface area contributed by atoms with Crippen LogP contribution in [0.4, 0.5) is 23.1 Å². The first kappa shape index (κ1) is 27.9. The maximum Gasteiger partial charge on any atom is 0.247 e. The number of anilines is 4. The minimum atomic E-state index is 0.171. The molecule has 44 heavy (non-hydrogen) atoms. The molecule has 1 aliphatic carbocycles. The van der Waals surface area contributed by atoms with Crippen LogP contribution in [0.15, 0.2) is 37.1 Å². The fraction of sp³-hybridized carbons (Fsp3) is 0.414. The number of aryl methyl sites for hydroxylation is 1. The molecule has 1 saturated carbocycles. The highest BCUT2D eigenvalue weighted by Crippen LogP contribution is 2.37. The Morgan fingerprint density at radius 1 is 1.11 bits per heavy atom. The molecule has 2 aliphatic heterocycles. The molecule has 0 radical (unpaired) electrons. The van der Waals surface area contributed by atoms with Gasteiger partial charge in [0.05, 0.1) is 40.6 Å². The molecular weight excluding hydrogens is 582 g/mol. The summed E-state index contributed by atoms with van der Waals surface area (Å²) in [6.45, 7) is 5.25. The number of carbonyl (C=O) groups excluding carboxylic acids is 1. The predicted octanol–water partition coefficient (Wildman–Crippen LogP) is 2.46. The second-order valence-electron chi connectivity index (χ2n) is 11.3. The minimum absolute atomic E-state index is 0.171. The summed E-state index contributed by atoms with van der Waals surface area (Å²) < 4.78 is 3.37. The quantitative estimate of drug-likeness (QED) is 0.286. The third kappa shape index (κ3) is 5.57. The SMILES string of the molecule is N#Cc1cc(Nc2nc(NC3CC3)c3ncc(C#N)n3n2)c(Cl)c(N2CCN(C3CN(C(=O)CCn4ccnc4)C3)CC2)c1. The number of fused-ring (bicyclic) bond motifs is 1. The molecule has 14 nitrogen and oxygen atoms in total. The topological polar surface area (TPSA) is 159 Å². The maximum atomic E-state index is 12.6. The summed E-state index contributed by atoms with van der Waals surface area (Å²) >= 11 is 6.95. The second kappa shape index (κ2) is 11.6. The van der Waals surface area contributed by atoms with Gasteiger partial charge in [-0.3, -0.25) is 9.69 Å². The highest BCUT2D eigenvalue weighted by Gasteiger charge is 2.36. The smallest absolute Gasteiger partial charge is 0.247 e. The number of aromatic nitrogens is 6. The Morgan fingerprint density at radius 2 is 1.93 bits per heavy atom. The van der Waals surface area contributed by atoms with Gasteiger partial charge in [-0.2, -0.15) is 20.0 Å². The van der Waals surface area contributed by atoms with Crippen LogP contribution in [0.5, 0.6) is 0 Å². The van der Waals surface area contributed by atoms with Crippen molar-refractivity contribution in [1.82, 2.24) is 38.9 Å². The molecule has 0 bridgehead atoms. The number of amides is 1. The van der Waals surface area contributed by atoms with Crippen LogP contribution in [-0.4, -0.2) is 96.2 Å². The van der Waals surface area contributed by atoms with Crippen molar-refractivity contribution in [3.63, 3.8) is 0 Å². The van der Waals surface area contributed by atoms with Gasteiger partial charge in [0.2, 0.25) is 11.9 Å². The molecule has 2 N–H and O–H groups in total. The predicted molar refractivity (Wildman–Crippen MR) is 163 cm³/mol. The van der Waals surface area contributed by atoms with Crippen LogP contribution in [0.3, 0.4) is 0 Å². The molecular formula is C29H30ClN13O.